The molecule has 15 heavy (non-hydrogen) atoms. The quantitative estimate of drug-likeness (QED) is 0.564. The Morgan fingerprint density at radius 3 is 2.20 bits per heavy atom. The normalized spacial score (nSPS) is 14.7. The van der Waals surface area contributed by atoms with Gasteiger partial charge in [0.1, 0.15) is 0 Å². The molecule has 82 valence electrons. The maximum atomic E-state index is 12.3. The molecule has 1 aromatic rings. The Balaban J connectivity index is 3.23. The summed E-state index contributed by atoms with van der Waals surface area (Å²) in [6.07, 6.45) is 0.838. The van der Waals surface area contributed by atoms with Crippen molar-refractivity contribution in [2.24, 2.45) is 0 Å². The number of hydrogen-bond acceptors (Lipinski definition) is 1. The summed E-state index contributed by atoms with van der Waals surface area (Å²) in [5.41, 5.74) is 3.03. The predicted octanol–water partition coefficient (Wildman–Crippen LogP) is 3.53. The number of hydrogen-bond donors (Lipinski definition) is 0. The van der Waals surface area contributed by atoms with E-state index in [1.54, 1.807) is 0 Å². The zero-order valence-electron chi connectivity index (χ0n) is 9.92. The van der Waals surface area contributed by atoms with Gasteiger partial charge in [-0.2, -0.15) is 0 Å². The molecule has 0 radical (unpaired) electrons. The van der Waals surface area contributed by atoms with E-state index < -0.39 is 0 Å². The van der Waals surface area contributed by atoms with E-state index in [4.69, 9.17) is 0 Å². The maximum absolute atomic E-state index is 12.3. The van der Waals surface area contributed by atoms with E-state index in [1.165, 1.54) is 0 Å². The van der Waals surface area contributed by atoms with Crippen LogP contribution in [0.1, 0.15) is 41.8 Å². The highest BCUT2D eigenvalue weighted by atomic mass is 31.0. The molecule has 0 saturated carbocycles. The molecule has 0 aliphatic heterocycles. The number of ketones is 1. The lowest BCUT2D eigenvalue weighted by Gasteiger charge is -2.22. The molecule has 0 N–H and O–H groups in total. The van der Waals surface area contributed by atoms with Crippen LogP contribution in [0.3, 0.4) is 0 Å². The van der Waals surface area contributed by atoms with Gasteiger partial charge in [-0.25, -0.2) is 0 Å². The van der Waals surface area contributed by atoms with E-state index in [-0.39, 0.29) is 10.9 Å². The van der Waals surface area contributed by atoms with Crippen molar-refractivity contribution < 1.29 is 4.79 Å². The first-order chi connectivity index (χ1) is 6.90. The molecule has 2 heteroatoms. The third kappa shape index (κ3) is 2.46. The van der Waals surface area contributed by atoms with Gasteiger partial charge in [-0.1, -0.05) is 25.1 Å². The summed E-state index contributed by atoms with van der Waals surface area (Å²) in [5.74, 6) is 0.227. The van der Waals surface area contributed by atoms with Crippen LogP contribution in [-0.2, 0) is 0 Å². The number of carbonyl (C=O) groups is 1. The molecule has 0 amide bonds. The van der Waals surface area contributed by atoms with Crippen molar-refractivity contribution in [1.29, 1.82) is 0 Å². The van der Waals surface area contributed by atoms with E-state index in [1.807, 2.05) is 45.9 Å². The highest BCUT2D eigenvalue weighted by Crippen LogP contribution is 2.29. The number of benzene rings is 1. The first kappa shape index (κ1) is 12.4. The Bertz CT molecular complexity index is 360. The second-order valence-corrected chi connectivity index (χ2v) is 5.64. The summed E-state index contributed by atoms with van der Waals surface area (Å²) >= 11 is 0. The standard InChI is InChI=1S/C13H19OP/c1-5-13(4,15)12(14)11-9(2)7-6-8-10(11)3/h6-8H,5,15H2,1-4H3. The minimum Gasteiger partial charge on any atom is -0.293 e. The lowest BCUT2D eigenvalue weighted by atomic mass is 9.90. The molecule has 0 spiro atoms. The van der Waals surface area contributed by atoms with Crippen LogP contribution < -0.4 is 0 Å². The third-order valence-electron chi connectivity index (χ3n) is 2.96. The minimum atomic E-state index is -0.336. The number of rotatable bonds is 3. The molecule has 0 fully saturated rings. The van der Waals surface area contributed by atoms with Crippen molar-refractivity contribution in [3.8, 4) is 0 Å². The molecule has 2 unspecified atom stereocenters. The summed E-state index contributed by atoms with van der Waals surface area (Å²) in [6, 6.07) is 5.99. The molecule has 0 aromatic heterocycles. The summed E-state index contributed by atoms with van der Waals surface area (Å²) in [4.78, 5) is 12.3. The molecule has 0 heterocycles. The van der Waals surface area contributed by atoms with Gasteiger partial charge in [0.25, 0.3) is 0 Å². The Hall–Kier alpha value is -0.680. The zero-order chi connectivity index (χ0) is 11.6. The minimum absolute atomic E-state index is 0.227. The van der Waals surface area contributed by atoms with Crippen molar-refractivity contribution in [3.63, 3.8) is 0 Å². The highest BCUT2D eigenvalue weighted by Gasteiger charge is 2.28. The van der Waals surface area contributed by atoms with Gasteiger partial charge >= 0.3 is 0 Å². The zero-order valence-corrected chi connectivity index (χ0v) is 11.1. The summed E-state index contributed by atoms with van der Waals surface area (Å²) in [7, 11) is 2.68. The third-order valence-corrected chi connectivity index (χ3v) is 3.63. The molecule has 0 saturated heterocycles. The second-order valence-electron chi connectivity index (χ2n) is 4.37. The van der Waals surface area contributed by atoms with Crippen LogP contribution in [0.4, 0.5) is 0 Å². The molecular formula is C13H19OP. The van der Waals surface area contributed by atoms with Gasteiger partial charge in [0, 0.05) is 10.7 Å². The van der Waals surface area contributed by atoms with Gasteiger partial charge in [-0.3, -0.25) is 4.79 Å². The monoisotopic (exact) mass is 222 g/mol. The van der Waals surface area contributed by atoms with E-state index in [2.05, 4.69) is 9.24 Å². The molecule has 0 aliphatic rings. The Morgan fingerprint density at radius 1 is 1.33 bits per heavy atom. The van der Waals surface area contributed by atoms with Crippen LogP contribution in [0.2, 0.25) is 0 Å². The summed E-state index contributed by atoms with van der Waals surface area (Å²) in [6.45, 7) is 8.01. The average Bonchev–Trinajstić information content (AvgIpc) is 2.17. The lowest BCUT2D eigenvalue weighted by Crippen LogP contribution is -2.28. The molecule has 0 bridgehead atoms. The van der Waals surface area contributed by atoms with Gasteiger partial charge in [0.05, 0.1) is 0 Å². The van der Waals surface area contributed by atoms with Crippen molar-refractivity contribution in [2.45, 2.75) is 39.3 Å². The van der Waals surface area contributed by atoms with Gasteiger partial charge in [0.15, 0.2) is 5.78 Å². The van der Waals surface area contributed by atoms with Crippen LogP contribution in [-0.4, -0.2) is 10.9 Å². The molecule has 2 atom stereocenters. The van der Waals surface area contributed by atoms with Crippen molar-refractivity contribution in [3.05, 3.63) is 34.9 Å². The van der Waals surface area contributed by atoms with Gasteiger partial charge in [-0.15, -0.1) is 9.24 Å². The first-order valence-electron chi connectivity index (χ1n) is 5.30. The average molecular weight is 222 g/mol. The van der Waals surface area contributed by atoms with Crippen molar-refractivity contribution in [1.82, 2.24) is 0 Å². The van der Waals surface area contributed by atoms with Crippen LogP contribution in [0, 0.1) is 13.8 Å². The maximum Gasteiger partial charge on any atom is 0.172 e. The van der Waals surface area contributed by atoms with Crippen LogP contribution >= 0.6 is 9.24 Å². The number of Topliss-reactive ketones (excluding diaryl/α,β-unsaturated/α-hetero) is 1. The fourth-order valence-electron chi connectivity index (χ4n) is 1.62. The predicted molar refractivity (Wildman–Crippen MR) is 68.7 cm³/mol. The van der Waals surface area contributed by atoms with Crippen LogP contribution in [0.25, 0.3) is 0 Å². The van der Waals surface area contributed by atoms with E-state index in [0.717, 1.165) is 23.1 Å². The van der Waals surface area contributed by atoms with Gasteiger partial charge in [-0.05, 0) is 38.3 Å². The number of carbonyl (C=O) groups excluding carboxylic acids is 1. The molecule has 0 aliphatic carbocycles. The second kappa shape index (κ2) is 4.45. The van der Waals surface area contributed by atoms with Crippen molar-refractivity contribution >= 4 is 15.0 Å². The molecular weight excluding hydrogens is 203 g/mol. The van der Waals surface area contributed by atoms with Crippen LogP contribution in [0.5, 0.6) is 0 Å². The van der Waals surface area contributed by atoms with E-state index in [9.17, 15) is 4.79 Å². The lowest BCUT2D eigenvalue weighted by molar-refractivity contribution is 0.0946. The molecule has 1 rings (SSSR count). The number of aryl methyl sites for hydroxylation is 2. The fraction of sp³-hybridized carbons (Fsp3) is 0.462. The van der Waals surface area contributed by atoms with Crippen LogP contribution in [0.15, 0.2) is 18.2 Å². The smallest absolute Gasteiger partial charge is 0.172 e. The molecule has 1 nitrogen and oxygen atoms in total. The fourth-order valence-corrected chi connectivity index (χ4v) is 1.76. The Labute approximate surface area is 94.5 Å². The molecule has 1 aromatic carbocycles. The summed E-state index contributed by atoms with van der Waals surface area (Å²) < 4.78 is 0. The topological polar surface area (TPSA) is 17.1 Å². The van der Waals surface area contributed by atoms with E-state index in [0.29, 0.717) is 0 Å². The Kier molecular flexibility index (Phi) is 3.67. The SMILES string of the molecule is CCC(C)(P)C(=O)c1c(C)cccc1C. The van der Waals surface area contributed by atoms with Crippen molar-refractivity contribution in [2.75, 3.05) is 0 Å². The van der Waals surface area contributed by atoms with Gasteiger partial charge < -0.3 is 0 Å². The summed E-state index contributed by atoms with van der Waals surface area (Å²) in [5, 5.41) is -0.336. The Morgan fingerprint density at radius 2 is 1.80 bits per heavy atom. The van der Waals surface area contributed by atoms with E-state index >= 15 is 0 Å². The van der Waals surface area contributed by atoms with Gasteiger partial charge in [0.2, 0.25) is 0 Å². The highest BCUT2D eigenvalue weighted by molar-refractivity contribution is 7.21. The largest absolute Gasteiger partial charge is 0.293 e. The first-order valence-corrected chi connectivity index (χ1v) is 5.87.